The third kappa shape index (κ3) is 4.15. The maximum Gasteiger partial charge on any atom is 0.205 e. The fraction of sp³-hybridized carbons (Fsp3) is 0.296. The van der Waals surface area contributed by atoms with Crippen LogP contribution in [0.25, 0.3) is 6.08 Å². The van der Waals surface area contributed by atoms with Crippen molar-refractivity contribution < 1.29 is 23.7 Å². The molecule has 0 saturated heterocycles. The van der Waals surface area contributed by atoms with Gasteiger partial charge < -0.3 is 29.4 Å². The summed E-state index contributed by atoms with van der Waals surface area (Å²) in [6.07, 6.45) is 4.57. The lowest BCUT2D eigenvalue weighted by Crippen LogP contribution is -2.24. The first-order valence-corrected chi connectivity index (χ1v) is 11.0. The number of nitrogens with two attached hydrogens (primary N) is 1. The highest BCUT2D eigenvalue weighted by Crippen LogP contribution is 2.49. The van der Waals surface area contributed by atoms with E-state index in [1.165, 1.54) is 0 Å². The van der Waals surface area contributed by atoms with E-state index >= 15 is 0 Å². The second-order valence-electron chi connectivity index (χ2n) is 8.02. The number of hydrogen-bond donors (Lipinski definition) is 1. The van der Waals surface area contributed by atoms with Crippen molar-refractivity contribution in [1.82, 2.24) is 0 Å². The number of nitrogens with zero attached hydrogens (tertiary/aromatic N) is 1. The van der Waals surface area contributed by atoms with Crippen LogP contribution in [0.1, 0.15) is 36.3 Å². The Morgan fingerprint density at radius 1 is 0.941 bits per heavy atom. The molecule has 2 aromatic carbocycles. The number of benzene rings is 2. The first-order valence-electron chi connectivity index (χ1n) is 11.0. The first kappa shape index (κ1) is 23.1. The molecule has 0 amide bonds. The van der Waals surface area contributed by atoms with E-state index in [-0.39, 0.29) is 11.8 Å². The van der Waals surface area contributed by atoms with Crippen LogP contribution in [0.4, 0.5) is 0 Å². The predicted molar refractivity (Wildman–Crippen MR) is 129 cm³/mol. The molecule has 0 aromatic heterocycles. The van der Waals surface area contributed by atoms with Crippen LogP contribution in [0.2, 0.25) is 0 Å². The predicted octanol–water partition coefficient (Wildman–Crippen LogP) is 5.05. The van der Waals surface area contributed by atoms with Crippen LogP contribution < -0.4 is 24.7 Å². The average Bonchev–Trinajstić information content (AvgIpc) is 2.88. The summed E-state index contributed by atoms with van der Waals surface area (Å²) in [4.78, 5) is 0. The molecule has 1 heterocycles. The molecule has 0 saturated carbocycles. The molecule has 0 bridgehead atoms. The van der Waals surface area contributed by atoms with Crippen molar-refractivity contribution in [3.63, 3.8) is 0 Å². The number of hydrogen-bond acceptors (Lipinski definition) is 7. The molecule has 1 aliphatic carbocycles. The maximum atomic E-state index is 9.97. The van der Waals surface area contributed by atoms with Gasteiger partial charge in [0.15, 0.2) is 0 Å². The highest BCUT2D eigenvalue weighted by Gasteiger charge is 2.37. The van der Waals surface area contributed by atoms with Gasteiger partial charge in [0.1, 0.15) is 40.4 Å². The van der Waals surface area contributed by atoms with E-state index in [9.17, 15) is 5.26 Å². The van der Waals surface area contributed by atoms with E-state index in [2.05, 4.69) is 12.1 Å². The quantitative estimate of drug-likeness (QED) is 0.644. The van der Waals surface area contributed by atoms with Gasteiger partial charge in [0.2, 0.25) is 5.88 Å². The molecule has 176 valence electrons. The lowest BCUT2D eigenvalue weighted by Gasteiger charge is -2.33. The zero-order chi connectivity index (χ0) is 24.2. The van der Waals surface area contributed by atoms with Crippen LogP contribution in [-0.4, -0.2) is 28.4 Å². The number of allylic oxidation sites excluding steroid dienone is 3. The van der Waals surface area contributed by atoms with Gasteiger partial charge in [0.25, 0.3) is 0 Å². The van der Waals surface area contributed by atoms with Gasteiger partial charge in [-0.3, -0.25) is 0 Å². The third-order valence-electron chi connectivity index (χ3n) is 6.23. The van der Waals surface area contributed by atoms with Gasteiger partial charge in [-0.25, -0.2) is 0 Å². The first-order chi connectivity index (χ1) is 16.5. The van der Waals surface area contributed by atoms with Crippen LogP contribution in [0.3, 0.4) is 0 Å². The van der Waals surface area contributed by atoms with Crippen molar-refractivity contribution in [3.8, 4) is 29.1 Å². The SMILES string of the molecule is COc1ccc(/C=C2/CCCC3=C2OC(N)=C(C#N)C3c2ccc(OC)cc2OC)c(OC)c1. The zero-order valence-corrected chi connectivity index (χ0v) is 19.8. The van der Waals surface area contributed by atoms with Crippen LogP contribution >= 0.6 is 0 Å². The van der Waals surface area contributed by atoms with Crippen molar-refractivity contribution >= 4 is 6.08 Å². The fourth-order valence-electron chi connectivity index (χ4n) is 4.57. The number of methoxy groups -OCH3 is 4. The number of nitriles is 1. The van der Waals surface area contributed by atoms with E-state index in [0.717, 1.165) is 41.5 Å². The molecule has 1 atom stereocenters. The van der Waals surface area contributed by atoms with Gasteiger partial charge in [0.05, 0.1) is 34.4 Å². The minimum atomic E-state index is -0.365. The normalized spacial score (nSPS) is 18.7. The van der Waals surface area contributed by atoms with Crippen LogP contribution in [0, 0.1) is 11.3 Å². The Balaban J connectivity index is 1.86. The van der Waals surface area contributed by atoms with Crippen LogP contribution in [0.15, 0.2) is 64.8 Å². The lowest BCUT2D eigenvalue weighted by atomic mass is 9.76. The molecule has 7 heteroatoms. The van der Waals surface area contributed by atoms with Crippen LogP contribution in [0.5, 0.6) is 23.0 Å². The summed E-state index contributed by atoms with van der Waals surface area (Å²) in [6.45, 7) is 0. The second-order valence-corrected chi connectivity index (χ2v) is 8.02. The highest BCUT2D eigenvalue weighted by atomic mass is 16.5. The van der Waals surface area contributed by atoms with Crippen molar-refractivity contribution in [1.29, 1.82) is 5.26 Å². The molecule has 0 fully saturated rings. The average molecular weight is 461 g/mol. The Morgan fingerprint density at radius 3 is 2.26 bits per heavy atom. The Hall–Kier alpha value is -4.05. The molecule has 7 nitrogen and oxygen atoms in total. The molecule has 4 rings (SSSR count). The van der Waals surface area contributed by atoms with E-state index in [4.69, 9.17) is 29.4 Å². The molecule has 1 unspecified atom stereocenters. The molecule has 2 aliphatic rings. The summed E-state index contributed by atoms with van der Waals surface area (Å²) < 4.78 is 28.0. The Labute approximate surface area is 199 Å². The van der Waals surface area contributed by atoms with Gasteiger partial charge in [-0.1, -0.05) is 6.07 Å². The van der Waals surface area contributed by atoms with Crippen LogP contribution in [-0.2, 0) is 4.74 Å². The summed E-state index contributed by atoms with van der Waals surface area (Å²) in [7, 11) is 6.46. The largest absolute Gasteiger partial charge is 0.497 e. The van der Waals surface area contributed by atoms with E-state index in [1.54, 1.807) is 28.4 Å². The zero-order valence-electron chi connectivity index (χ0n) is 19.8. The molecular formula is C27H28N2O5. The summed E-state index contributed by atoms with van der Waals surface area (Å²) in [5, 5.41) is 9.97. The minimum absolute atomic E-state index is 0.110. The van der Waals surface area contributed by atoms with Gasteiger partial charge in [0, 0.05) is 23.3 Å². The summed E-state index contributed by atoms with van der Waals surface area (Å²) in [5.41, 5.74) is 10.4. The summed E-state index contributed by atoms with van der Waals surface area (Å²) in [5.74, 6) is 3.18. The van der Waals surface area contributed by atoms with Crippen molar-refractivity contribution in [2.24, 2.45) is 5.73 Å². The molecule has 2 aromatic rings. The highest BCUT2D eigenvalue weighted by molar-refractivity contribution is 5.67. The van der Waals surface area contributed by atoms with Gasteiger partial charge in [-0.15, -0.1) is 0 Å². The lowest BCUT2D eigenvalue weighted by molar-refractivity contribution is 0.276. The smallest absolute Gasteiger partial charge is 0.205 e. The van der Waals surface area contributed by atoms with E-state index < -0.39 is 0 Å². The molecule has 0 radical (unpaired) electrons. The Bertz CT molecular complexity index is 1240. The van der Waals surface area contributed by atoms with E-state index in [1.807, 2.05) is 36.4 Å². The Kier molecular flexibility index (Phi) is 6.69. The van der Waals surface area contributed by atoms with E-state index in [0.29, 0.717) is 34.3 Å². The summed E-state index contributed by atoms with van der Waals surface area (Å²) >= 11 is 0. The van der Waals surface area contributed by atoms with Gasteiger partial charge >= 0.3 is 0 Å². The Morgan fingerprint density at radius 2 is 1.62 bits per heavy atom. The topological polar surface area (TPSA) is 96.0 Å². The second kappa shape index (κ2) is 9.84. The number of rotatable bonds is 6. The molecule has 2 N–H and O–H groups in total. The molecular weight excluding hydrogens is 432 g/mol. The molecule has 1 aliphatic heterocycles. The molecule has 34 heavy (non-hydrogen) atoms. The van der Waals surface area contributed by atoms with Gasteiger partial charge in [-0.2, -0.15) is 5.26 Å². The van der Waals surface area contributed by atoms with Crippen molar-refractivity contribution in [2.75, 3.05) is 28.4 Å². The van der Waals surface area contributed by atoms with Crippen molar-refractivity contribution in [2.45, 2.75) is 25.2 Å². The molecule has 0 spiro atoms. The number of ether oxygens (including phenoxy) is 5. The fourth-order valence-corrected chi connectivity index (χ4v) is 4.57. The summed E-state index contributed by atoms with van der Waals surface area (Å²) in [6, 6.07) is 13.6. The maximum absolute atomic E-state index is 9.97. The minimum Gasteiger partial charge on any atom is -0.497 e. The van der Waals surface area contributed by atoms with Crippen molar-refractivity contribution in [3.05, 3.63) is 75.9 Å². The monoisotopic (exact) mass is 460 g/mol. The third-order valence-corrected chi connectivity index (χ3v) is 6.23. The van der Waals surface area contributed by atoms with Gasteiger partial charge in [-0.05, 0) is 54.7 Å². The standard InChI is InChI=1S/C27H28N2O5/c1-30-18-9-8-16(23(13-18)32-3)12-17-6-5-7-21-25(22(15-28)27(29)34-26(17)21)20-11-10-19(31-2)14-24(20)33-4/h8-14,25H,5-7,29H2,1-4H3/b17-12-.